The molecular formula is C18H16N2O2. The van der Waals surface area contributed by atoms with E-state index >= 15 is 0 Å². The molecule has 0 saturated heterocycles. The van der Waals surface area contributed by atoms with Crippen LogP contribution in [0.1, 0.15) is 12.0 Å². The third kappa shape index (κ3) is 3.06. The summed E-state index contributed by atoms with van der Waals surface area (Å²) >= 11 is 0. The monoisotopic (exact) mass is 292 g/mol. The van der Waals surface area contributed by atoms with Crippen LogP contribution in [0.3, 0.4) is 0 Å². The zero-order chi connectivity index (χ0) is 15.4. The van der Waals surface area contributed by atoms with Gasteiger partial charge in [-0.15, -0.1) is 0 Å². The topological polar surface area (TPSA) is 55.1 Å². The molecule has 4 nitrogen and oxygen atoms in total. The Morgan fingerprint density at radius 1 is 1.00 bits per heavy atom. The molecule has 2 aromatic carbocycles. The smallest absolute Gasteiger partial charge is 0.303 e. The molecule has 0 radical (unpaired) electrons. The predicted octanol–water partition coefficient (Wildman–Crippen LogP) is 3.56. The van der Waals surface area contributed by atoms with Crippen LogP contribution in [0.25, 0.3) is 16.9 Å². The molecule has 1 aromatic heterocycles. The van der Waals surface area contributed by atoms with Gasteiger partial charge in [-0.05, 0) is 24.1 Å². The van der Waals surface area contributed by atoms with Gasteiger partial charge >= 0.3 is 5.97 Å². The summed E-state index contributed by atoms with van der Waals surface area (Å²) in [7, 11) is 0. The SMILES string of the molecule is O=C(O)CCc1cn(-c2ccccc2)nc1-c1ccccc1. The number of hydrogen-bond acceptors (Lipinski definition) is 2. The fourth-order valence-corrected chi connectivity index (χ4v) is 2.39. The summed E-state index contributed by atoms with van der Waals surface area (Å²) in [5, 5.41) is 13.6. The number of aliphatic carboxylic acids is 1. The summed E-state index contributed by atoms with van der Waals surface area (Å²) in [6, 6.07) is 19.7. The summed E-state index contributed by atoms with van der Waals surface area (Å²) < 4.78 is 1.81. The van der Waals surface area contributed by atoms with E-state index < -0.39 is 5.97 Å². The number of carboxylic acid groups (broad SMARTS) is 1. The van der Waals surface area contributed by atoms with Crippen molar-refractivity contribution in [3.63, 3.8) is 0 Å². The Balaban J connectivity index is 2.03. The quantitative estimate of drug-likeness (QED) is 0.782. The highest BCUT2D eigenvalue weighted by molar-refractivity contribution is 5.69. The molecule has 4 heteroatoms. The third-order valence-corrected chi connectivity index (χ3v) is 3.47. The molecule has 0 amide bonds. The average Bonchev–Trinajstić information content (AvgIpc) is 2.99. The number of hydrogen-bond donors (Lipinski definition) is 1. The number of para-hydroxylation sites is 1. The van der Waals surface area contributed by atoms with Crippen LogP contribution in [-0.4, -0.2) is 20.9 Å². The first-order chi connectivity index (χ1) is 10.7. The Kier molecular flexibility index (Phi) is 4.01. The molecule has 0 atom stereocenters. The van der Waals surface area contributed by atoms with Gasteiger partial charge < -0.3 is 5.11 Å². The molecule has 0 saturated carbocycles. The van der Waals surface area contributed by atoms with Crippen LogP contribution >= 0.6 is 0 Å². The number of carbonyl (C=O) groups is 1. The molecule has 3 aromatic rings. The number of aromatic nitrogens is 2. The van der Waals surface area contributed by atoms with Crippen LogP contribution in [0.2, 0.25) is 0 Å². The number of aryl methyl sites for hydroxylation is 1. The van der Waals surface area contributed by atoms with Gasteiger partial charge in [0.1, 0.15) is 0 Å². The van der Waals surface area contributed by atoms with Gasteiger partial charge in [0.25, 0.3) is 0 Å². The van der Waals surface area contributed by atoms with E-state index in [1.165, 1.54) is 0 Å². The molecule has 0 aliphatic rings. The number of nitrogens with zero attached hydrogens (tertiary/aromatic N) is 2. The lowest BCUT2D eigenvalue weighted by Gasteiger charge is -2.00. The van der Waals surface area contributed by atoms with Crippen LogP contribution in [-0.2, 0) is 11.2 Å². The molecule has 0 spiro atoms. The third-order valence-electron chi connectivity index (χ3n) is 3.47. The van der Waals surface area contributed by atoms with Crippen molar-refractivity contribution in [1.82, 2.24) is 9.78 Å². The summed E-state index contributed by atoms with van der Waals surface area (Å²) in [6.45, 7) is 0. The largest absolute Gasteiger partial charge is 0.481 e. The molecule has 0 fully saturated rings. The zero-order valence-corrected chi connectivity index (χ0v) is 12.0. The Morgan fingerprint density at radius 2 is 1.64 bits per heavy atom. The van der Waals surface area contributed by atoms with Crippen molar-refractivity contribution < 1.29 is 9.90 Å². The maximum Gasteiger partial charge on any atom is 0.303 e. The second-order valence-corrected chi connectivity index (χ2v) is 5.04. The first-order valence-corrected chi connectivity index (χ1v) is 7.15. The Bertz CT molecular complexity index is 764. The highest BCUT2D eigenvalue weighted by Gasteiger charge is 2.13. The van der Waals surface area contributed by atoms with Gasteiger partial charge in [-0.25, -0.2) is 4.68 Å². The highest BCUT2D eigenvalue weighted by atomic mass is 16.4. The molecule has 22 heavy (non-hydrogen) atoms. The fourth-order valence-electron chi connectivity index (χ4n) is 2.39. The summed E-state index contributed by atoms with van der Waals surface area (Å²) in [4.78, 5) is 10.9. The van der Waals surface area contributed by atoms with Gasteiger partial charge in [-0.1, -0.05) is 48.5 Å². The minimum atomic E-state index is -0.800. The van der Waals surface area contributed by atoms with Gasteiger partial charge in [0, 0.05) is 18.2 Å². The van der Waals surface area contributed by atoms with Crippen LogP contribution in [0.4, 0.5) is 0 Å². The van der Waals surface area contributed by atoms with E-state index in [1.54, 1.807) is 4.68 Å². The lowest BCUT2D eigenvalue weighted by atomic mass is 10.0. The van der Waals surface area contributed by atoms with Gasteiger partial charge in [-0.3, -0.25) is 4.79 Å². The van der Waals surface area contributed by atoms with Crippen LogP contribution in [0, 0.1) is 0 Å². The summed E-state index contributed by atoms with van der Waals surface area (Å²) in [6.07, 6.45) is 2.48. The number of carboxylic acids is 1. The van der Waals surface area contributed by atoms with Crippen molar-refractivity contribution in [2.45, 2.75) is 12.8 Å². The number of benzene rings is 2. The second kappa shape index (κ2) is 6.26. The molecule has 0 unspecified atom stereocenters. The summed E-state index contributed by atoms with van der Waals surface area (Å²) in [5.74, 6) is -0.800. The maximum absolute atomic E-state index is 10.9. The van der Waals surface area contributed by atoms with Crippen molar-refractivity contribution in [3.05, 3.63) is 72.4 Å². The molecule has 3 rings (SSSR count). The van der Waals surface area contributed by atoms with E-state index in [0.29, 0.717) is 6.42 Å². The lowest BCUT2D eigenvalue weighted by Crippen LogP contribution is -1.97. The Labute approximate surface area is 128 Å². The van der Waals surface area contributed by atoms with Gasteiger partial charge in [-0.2, -0.15) is 5.10 Å². The lowest BCUT2D eigenvalue weighted by molar-refractivity contribution is -0.136. The van der Waals surface area contributed by atoms with Crippen molar-refractivity contribution in [2.75, 3.05) is 0 Å². The summed E-state index contributed by atoms with van der Waals surface area (Å²) in [5.41, 5.74) is 3.74. The van der Waals surface area contributed by atoms with Crippen molar-refractivity contribution >= 4 is 5.97 Å². The van der Waals surface area contributed by atoms with E-state index in [2.05, 4.69) is 5.10 Å². The standard InChI is InChI=1S/C18H16N2O2/c21-17(22)12-11-15-13-20(16-9-5-2-6-10-16)19-18(15)14-7-3-1-4-8-14/h1-10,13H,11-12H2,(H,21,22). The first-order valence-electron chi connectivity index (χ1n) is 7.15. The normalized spacial score (nSPS) is 10.5. The van der Waals surface area contributed by atoms with Crippen LogP contribution in [0.5, 0.6) is 0 Å². The average molecular weight is 292 g/mol. The molecular weight excluding hydrogens is 276 g/mol. The van der Waals surface area contributed by atoms with Crippen molar-refractivity contribution in [2.24, 2.45) is 0 Å². The number of rotatable bonds is 5. The van der Waals surface area contributed by atoms with Gasteiger partial charge in [0.2, 0.25) is 0 Å². The van der Waals surface area contributed by atoms with Gasteiger partial charge in [0.15, 0.2) is 0 Å². The van der Waals surface area contributed by atoms with E-state index in [4.69, 9.17) is 5.11 Å². The molecule has 0 aliphatic carbocycles. The van der Waals surface area contributed by atoms with Crippen LogP contribution in [0.15, 0.2) is 66.9 Å². The Hall–Kier alpha value is -2.88. The maximum atomic E-state index is 10.9. The van der Waals surface area contributed by atoms with Crippen molar-refractivity contribution in [1.29, 1.82) is 0 Å². The van der Waals surface area contributed by atoms with E-state index in [1.807, 2.05) is 66.9 Å². The molecule has 110 valence electrons. The van der Waals surface area contributed by atoms with E-state index in [9.17, 15) is 4.79 Å². The predicted molar refractivity (Wildman–Crippen MR) is 85.0 cm³/mol. The molecule has 0 bridgehead atoms. The molecule has 1 N–H and O–H groups in total. The van der Waals surface area contributed by atoms with Crippen molar-refractivity contribution in [3.8, 4) is 16.9 Å². The first kappa shape index (κ1) is 14.1. The molecule has 0 aliphatic heterocycles. The fraction of sp³-hybridized carbons (Fsp3) is 0.111. The van der Waals surface area contributed by atoms with Gasteiger partial charge in [0.05, 0.1) is 11.4 Å². The minimum Gasteiger partial charge on any atom is -0.481 e. The Morgan fingerprint density at radius 3 is 2.27 bits per heavy atom. The minimum absolute atomic E-state index is 0.0975. The van der Waals surface area contributed by atoms with E-state index in [0.717, 1.165) is 22.5 Å². The zero-order valence-electron chi connectivity index (χ0n) is 12.0. The van der Waals surface area contributed by atoms with E-state index in [-0.39, 0.29) is 6.42 Å². The second-order valence-electron chi connectivity index (χ2n) is 5.04. The highest BCUT2D eigenvalue weighted by Crippen LogP contribution is 2.24. The van der Waals surface area contributed by atoms with Crippen LogP contribution < -0.4 is 0 Å². The molecule has 1 heterocycles.